The SMILES string of the molecule is COc1ccc(C(=O)OS(=O)(=O)c2ccc(S(=O)(=O)O)c(N)c2)cc1N.[NaH]. The van der Waals surface area contributed by atoms with Gasteiger partial charge in [-0.1, -0.05) is 0 Å². The minimum absolute atomic E-state index is 0. The zero-order chi connectivity index (χ0) is 19.7. The number of hydrogen-bond donors (Lipinski definition) is 3. The van der Waals surface area contributed by atoms with Crippen LogP contribution in [0.2, 0.25) is 0 Å². The third kappa shape index (κ3) is 5.34. The van der Waals surface area contributed by atoms with Gasteiger partial charge in [0.15, 0.2) is 0 Å². The van der Waals surface area contributed by atoms with Gasteiger partial charge in [0.2, 0.25) is 0 Å². The van der Waals surface area contributed by atoms with Crippen molar-refractivity contribution in [3.63, 3.8) is 0 Å². The van der Waals surface area contributed by atoms with Gasteiger partial charge >= 0.3 is 45.6 Å². The van der Waals surface area contributed by atoms with E-state index < -0.39 is 41.7 Å². The Balaban J connectivity index is 0.00000364. The van der Waals surface area contributed by atoms with E-state index in [0.29, 0.717) is 0 Å². The van der Waals surface area contributed by atoms with Crippen LogP contribution in [0.5, 0.6) is 5.75 Å². The summed E-state index contributed by atoms with van der Waals surface area (Å²) in [6.07, 6.45) is 0. The van der Waals surface area contributed by atoms with E-state index in [9.17, 15) is 21.6 Å². The van der Waals surface area contributed by atoms with Crippen LogP contribution in [0.25, 0.3) is 0 Å². The fraction of sp³-hybridized carbons (Fsp3) is 0.0714. The van der Waals surface area contributed by atoms with Crippen LogP contribution in [0, 0.1) is 0 Å². The van der Waals surface area contributed by atoms with Crippen LogP contribution in [-0.4, -0.2) is 64.0 Å². The molecule has 0 bridgehead atoms. The predicted octanol–water partition coefficient (Wildman–Crippen LogP) is 0.00350. The van der Waals surface area contributed by atoms with Crippen LogP contribution in [-0.2, 0) is 24.4 Å². The number of anilines is 2. The Labute approximate surface area is 177 Å². The molecule has 0 aromatic heterocycles. The Morgan fingerprint density at radius 3 is 2.11 bits per heavy atom. The topological polar surface area (TPSA) is 176 Å². The number of carbonyl (C=O) groups excluding carboxylic acids is 1. The van der Waals surface area contributed by atoms with Crippen molar-refractivity contribution in [1.29, 1.82) is 0 Å². The fourth-order valence-electron chi connectivity index (χ4n) is 1.97. The maximum atomic E-state index is 12.2. The molecule has 2 rings (SSSR count). The molecule has 0 atom stereocenters. The van der Waals surface area contributed by atoms with Crippen LogP contribution in [0.15, 0.2) is 46.2 Å². The zero-order valence-corrected chi connectivity index (χ0v) is 14.9. The average Bonchev–Trinajstić information content (AvgIpc) is 2.53. The number of benzene rings is 2. The number of carbonyl (C=O) groups is 1. The molecular formula is C14H15N2NaO8S2. The molecule has 0 spiro atoms. The summed E-state index contributed by atoms with van der Waals surface area (Å²) in [6.45, 7) is 0. The van der Waals surface area contributed by atoms with Crippen molar-refractivity contribution >= 4 is 67.1 Å². The molecule has 13 heteroatoms. The molecule has 0 heterocycles. The molecule has 5 N–H and O–H groups in total. The molecule has 2 aromatic rings. The molecule has 0 saturated carbocycles. The summed E-state index contributed by atoms with van der Waals surface area (Å²) >= 11 is 0. The van der Waals surface area contributed by atoms with Gasteiger partial charge in [-0.15, -0.1) is 0 Å². The Morgan fingerprint density at radius 2 is 1.63 bits per heavy atom. The van der Waals surface area contributed by atoms with Crippen LogP contribution in [0.1, 0.15) is 10.4 Å². The van der Waals surface area contributed by atoms with Crippen molar-refractivity contribution in [2.24, 2.45) is 0 Å². The van der Waals surface area contributed by atoms with Gasteiger partial charge in [-0.3, -0.25) is 4.55 Å². The number of nitrogens with two attached hydrogens (primary N) is 2. The van der Waals surface area contributed by atoms with Crippen molar-refractivity contribution in [2.75, 3.05) is 18.6 Å². The van der Waals surface area contributed by atoms with Crippen molar-refractivity contribution in [3.8, 4) is 5.75 Å². The molecular weight excluding hydrogens is 411 g/mol. The van der Waals surface area contributed by atoms with Crippen molar-refractivity contribution in [3.05, 3.63) is 42.0 Å². The van der Waals surface area contributed by atoms with Gasteiger partial charge in [0.05, 0.1) is 24.0 Å². The summed E-state index contributed by atoms with van der Waals surface area (Å²) < 4.78 is 64.9. The summed E-state index contributed by atoms with van der Waals surface area (Å²) in [5.74, 6) is -0.922. The minimum atomic E-state index is -4.63. The van der Waals surface area contributed by atoms with E-state index in [1.165, 1.54) is 25.3 Å². The Bertz CT molecular complexity index is 1080. The molecule has 0 aliphatic rings. The molecule has 0 unspecified atom stereocenters. The Kier molecular flexibility index (Phi) is 7.27. The second kappa shape index (κ2) is 8.46. The van der Waals surface area contributed by atoms with E-state index in [0.717, 1.165) is 18.2 Å². The van der Waals surface area contributed by atoms with Gasteiger partial charge in [0.1, 0.15) is 15.5 Å². The molecule has 0 saturated heterocycles. The molecule has 142 valence electrons. The van der Waals surface area contributed by atoms with E-state index in [1.807, 2.05) is 0 Å². The second-order valence-corrected chi connectivity index (χ2v) is 7.89. The molecule has 2 aromatic carbocycles. The van der Waals surface area contributed by atoms with Crippen LogP contribution in [0.3, 0.4) is 0 Å². The van der Waals surface area contributed by atoms with E-state index >= 15 is 0 Å². The fourth-order valence-corrected chi connectivity index (χ4v) is 3.47. The number of methoxy groups -OCH3 is 1. The normalized spacial score (nSPS) is 11.3. The maximum absolute atomic E-state index is 12.2. The summed E-state index contributed by atoms with van der Waals surface area (Å²) in [5.41, 5.74) is 10.5. The Hall–Kier alpha value is -1.83. The molecule has 0 aliphatic heterocycles. The van der Waals surface area contributed by atoms with Gasteiger partial charge in [0.25, 0.3) is 10.1 Å². The molecule has 0 amide bonds. The van der Waals surface area contributed by atoms with Crippen molar-refractivity contribution < 1.29 is 35.1 Å². The van der Waals surface area contributed by atoms with E-state index in [-0.39, 0.29) is 46.6 Å². The standard InChI is InChI=1S/C14H14N2O8S2.Na.H/c1-23-12-4-2-8(6-10(12)15)14(17)24-26(21,22)9-3-5-13(11(16)7-9)25(18,19)20;;/h2-7H,15-16H2,1H3,(H,18,19,20);;. The van der Waals surface area contributed by atoms with Gasteiger partial charge in [0, 0.05) is 0 Å². The van der Waals surface area contributed by atoms with Gasteiger partial charge in [-0.2, -0.15) is 16.8 Å². The molecule has 0 aliphatic carbocycles. The molecule has 10 nitrogen and oxygen atoms in total. The quantitative estimate of drug-likeness (QED) is 0.255. The first-order valence-electron chi connectivity index (χ1n) is 6.75. The summed E-state index contributed by atoms with van der Waals surface area (Å²) in [5, 5.41) is 0. The van der Waals surface area contributed by atoms with E-state index in [4.69, 9.17) is 20.8 Å². The number of rotatable bonds is 5. The predicted molar refractivity (Wildman–Crippen MR) is 97.8 cm³/mol. The van der Waals surface area contributed by atoms with Gasteiger partial charge < -0.3 is 20.4 Å². The molecule has 0 radical (unpaired) electrons. The monoisotopic (exact) mass is 426 g/mol. The van der Waals surface area contributed by atoms with Gasteiger partial charge in [-0.05, 0) is 36.4 Å². The molecule has 0 fully saturated rings. The van der Waals surface area contributed by atoms with E-state index in [2.05, 4.69) is 4.18 Å². The molecule has 27 heavy (non-hydrogen) atoms. The summed E-state index contributed by atoms with van der Waals surface area (Å²) in [6, 6.07) is 6.13. The van der Waals surface area contributed by atoms with Crippen LogP contribution < -0.4 is 16.2 Å². The summed E-state index contributed by atoms with van der Waals surface area (Å²) in [4.78, 5) is 10.8. The van der Waals surface area contributed by atoms with Gasteiger partial charge in [-0.25, -0.2) is 4.79 Å². The first-order valence-corrected chi connectivity index (χ1v) is 9.60. The number of nitrogen functional groups attached to an aromatic ring is 2. The van der Waals surface area contributed by atoms with Crippen LogP contribution >= 0.6 is 0 Å². The number of ether oxygens (including phenoxy) is 1. The second-order valence-electron chi connectivity index (χ2n) is 4.96. The third-order valence-corrected chi connectivity index (χ3v) is 5.33. The van der Waals surface area contributed by atoms with E-state index in [1.54, 1.807) is 0 Å². The average molecular weight is 426 g/mol. The van der Waals surface area contributed by atoms with Crippen LogP contribution in [0.4, 0.5) is 11.4 Å². The van der Waals surface area contributed by atoms with Crippen molar-refractivity contribution in [2.45, 2.75) is 9.79 Å². The third-order valence-electron chi connectivity index (χ3n) is 3.20. The zero-order valence-electron chi connectivity index (χ0n) is 13.2. The summed E-state index contributed by atoms with van der Waals surface area (Å²) in [7, 11) is -7.86. The first kappa shape index (κ1) is 23.2. The first-order chi connectivity index (χ1) is 12.0. The Morgan fingerprint density at radius 1 is 1.00 bits per heavy atom. The van der Waals surface area contributed by atoms with Crippen molar-refractivity contribution in [1.82, 2.24) is 0 Å². The number of hydrogen-bond acceptors (Lipinski definition) is 9.